The first-order chi connectivity index (χ1) is 12.6. The van der Waals surface area contributed by atoms with Crippen molar-refractivity contribution in [3.63, 3.8) is 0 Å². The molecule has 0 fully saturated rings. The third kappa shape index (κ3) is 5.51. The Balaban J connectivity index is 2.29. The predicted octanol–water partition coefficient (Wildman–Crippen LogP) is 5.88. The van der Waals surface area contributed by atoms with E-state index in [9.17, 15) is 4.79 Å². The summed E-state index contributed by atoms with van der Waals surface area (Å²) in [4.78, 5) is 11.3. The Morgan fingerprint density at radius 3 is 2.23 bits per heavy atom. The number of aldehydes is 1. The van der Waals surface area contributed by atoms with Crippen LogP contribution in [0.2, 0.25) is 0 Å². The molecule has 0 aliphatic heterocycles. The summed E-state index contributed by atoms with van der Waals surface area (Å²) < 4.78 is 17.5. The lowest BCUT2D eigenvalue weighted by Crippen LogP contribution is -2.02. The van der Waals surface area contributed by atoms with Crippen LogP contribution in [0.3, 0.4) is 0 Å². The first-order valence-corrected chi connectivity index (χ1v) is 9.13. The van der Waals surface area contributed by atoms with Gasteiger partial charge in [0.2, 0.25) is 5.75 Å². The quantitative estimate of drug-likeness (QED) is 0.394. The Labute approximate surface area is 156 Å². The minimum absolute atomic E-state index is 0.486. The molecule has 0 aliphatic rings. The summed E-state index contributed by atoms with van der Waals surface area (Å²) in [6, 6.07) is 9.36. The Kier molecular flexibility index (Phi) is 7.52. The number of ether oxygens (including phenoxy) is 3. The number of aryl methyl sites for hydroxylation is 2. The van der Waals surface area contributed by atoms with Gasteiger partial charge < -0.3 is 14.2 Å². The van der Waals surface area contributed by atoms with Crippen molar-refractivity contribution in [1.82, 2.24) is 0 Å². The highest BCUT2D eigenvalue weighted by Crippen LogP contribution is 2.41. The summed E-state index contributed by atoms with van der Waals surface area (Å²) >= 11 is 0. The van der Waals surface area contributed by atoms with E-state index in [0.717, 1.165) is 30.3 Å². The minimum Gasteiger partial charge on any atom is -0.493 e. The third-order valence-electron chi connectivity index (χ3n) is 4.07. The van der Waals surface area contributed by atoms with Crippen molar-refractivity contribution < 1.29 is 19.0 Å². The second kappa shape index (κ2) is 9.85. The molecule has 0 aromatic heterocycles. The molecule has 0 aliphatic carbocycles. The van der Waals surface area contributed by atoms with Crippen molar-refractivity contribution in [3.05, 3.63) is 47.0 Å². The highest BCUT2D eigenvalue weighted by Gasteiger charge is 2.16. The Hall–Kier alpha value is -2.49. The summed E-state index contributed by atoms with van der Waals surface area (Å²) in [6.07, 6.45) is 5.24. The molecule has 140 valence electrons. The van der Waals surface area contributed by atoms with Crippen LogP contribution in [0, 0.1) is 13.8 Å². The Morgan fingerprint density at radius 2 is 1.62 bits per heavy atom. The predicted molar refractivity (Wildman–Crippen MR) is 104 cm³/mol. The van der Waals surface area contributed by atoms with Crippen molar-refractivity contribution in [2.75, 3.05) is 13.7 Å². The molecule has 2 aromatic rings. The van der Waals surface area contributed by atoms with Gasteiger partial charge in [-0.2, -0.15) is 0 Å². The highest BCUT2D eigenvalue weighted by molar-refractivity contribution is 5.78. The normalized spacial score (nSPS) is 10.5. The van der Waals surface area contributed by atoms with Crippen LogP contribution < -0.4 is 14.2 Å². The highest BCUT2D eigenvalue weighted by atomic mass is 16.5. The number of hydrogen-bond donors (Lipinski definition) is 0. The maximum Gasteiger partial charge on any atom is 0.204 e. The number of unbranched alkanes of at least 4 members (excludes halogenated alkanes) is 3. The van der Waals surface area contributed by atoms with Crippen LogP contribution >= 0.6 is 0 Å². The molecule has 0 bridgehead atoms. The largest absolute Gasteiger partial charge is 0.493 e. The lowest BCUT2D eigenvalue weighted by atomic mass is 10.1. The molecular weight excluding hydrogens is 328 g/mol. The summed E-state index contributed by atoms with van der Waals surface area (Å²) in [5.74, 6) is 2.24. The molecule has 4 heteroatoms. The van der Waals surface area contributed by atoms with Crippen molar-refractivity contribution >= 4 is 6.29 Å². The van der Waals surface area contributed by atoms with E-state index in [4.69, 9.17) is 14.2 Å². The molecule has 26 heavy (non-hydrogen) atoms. The Bertz CT molecular complexity index is 717. The maximum absolute atomic E-state index is 11.3. The van der Waals surface area contributed by atoms with Gasteiger partial charge in [-0.3, -0.25) is 4.79 Å². The summed E-state index contributed by atoms with van der Waals surface area (Å²) in [5.41, 5.74) is 2.71. The maximum atomic E-state index is 11.3. The van der Waals surface area contributed by atoms with Gasteiger partial charge in [-0.15, -0.1) is 0 Å². The average molecular weight is 356 g/mol. The van der Waals surface area contributed by atoms with Gasteiger partial charge in [-0.1, -0.05) is 32.3 Å². The van der Waals surface area contributed by atoms with E-state index in [1.165, 1.54) is 12.8 Å². The monoisotopic (exact) mass is 356 g/mol. The van der Waals surface area contributed by atoms with Gasteiger partial charge >= 0.3 is 0 Å². The molecule has 0 saturated carbocycles. The van der Waals surface area contributed by atoms with Crippen LogP contribution in [-0.4, -0.2) is 20.0 Å². The van der Waals surface area contributed by atoms with Crippen molar-refractivity contribution in [1.29, 1.82) is 0 Å². The van der Waals surface area contributed by atoms with Crippen LogP contribution in [0.15, 0.2) is 30.3 Å². The second-order valence-corrected chi connectivity index (χ2v) is 6.50. The van der Waals surface area contributed by atoms with E-state index in [2.05, 4.69) is 13.0 Å². The fourth-order valence-corrected chi connectivity index (χ4v) is 2.86. The molecule has 0 saturated heterocycles. The fraction of sp³-hybridized carbons (Fsp3) is 0.409. The summed E-state index contributed by atoms with van der Waals surface area (Å²) in [7, 11) is 1.56. The number of carbonyl (C=O) groups excluding carboxylic acids is 1. The molecule has 4 nitrogen and oxygen atoms in total. The zero-order valence-corrected chi connectivity index (χ0v) is 16.1. The summed E-state index contributed by atoms with van der Waals surface area (Å²) in [6.45, 7) is 6.80. The van der Waals surface area contributed by atoms with Gasteiger partial charge in [-0.05, 0) is 55.7 Å². The summed E-state index contributed by atoms with van der Waals surface area (Å²) in [5, 5.41) is 0. The van der Waals surface area contributed by atoms with Gasteiger partial charge in [0.15, 0.2) is 11.5 Å². The van der Waals surface area contributed by atoms with Gasteiger partial charge in [0, 0.05) is 5.56 Å². The number of methoxy groups -OCH3 is 1. The van der Waals surface area contributed by atoms with E-state index >= 15 is 0 Å². The minimum atomic E-state index is 0.486. The smallest absolute Gasteiger partial charge is 0.204 e. The second-order valence-electron chi connectivity index (χ2n) is 6.50. The number of rotatable bonds is 10. The first-order valence-electron chi connectivity index (χ1n) is 9.13. The molecule has 0 amide bonds. The van der Waals surface area contributed by atoms with E-state index < -0.39 is 0 Å². The zero-order valence-electron chi connectivity index (χ0n) is 16.1. The van der Waals surface area contributed by atoms with E-state index in [-0.39, 0.29) is 0 Å². The molecule has 0 atom stereocenters. The molecule has 2 aromatic carbocycles. The Morgan fingerprint density at radius 1 is 0.923 bits per heavy atom. The van der Waals surface area contributed by atoms with Crippen molar-refractivity contribution in [3.8, 4) is 23.0 Å². The number of benzene rings is 2. The molecule has 0 spiro atoms. The number of carbonyl (C=O) groups is 1. The van der Waals surface area contributed by atoms with Crippen LogP contribution in [0.25, 0.3) is 0 Å². The molecule has 0 unspecified atom stereocenters. The number of hydrogen-bond acceptors (Lipinski definition) is 4. The lowest BCUT2D eigenvalue weighted by Gasteiger charge is -2.17. The molecule has 2 rings (SSSR count). The third-order valence-corrected chi connectivity index (χ3v) is 4.07. The zero-order chi connectivity index (χ0) is 18.9. The van der Waals surface area contributed by atoms with E-state index in [1.54, 1.807) is 19.2 Å². The molecule has 0 heterocycles. The van der Waals surface area contributed by atoms with E-state index in [1.807, 2.05) is 26.0 Å². The average Bonchev–Trinajstić information content (AvgIpc) is 2.61. The molecule has 0 N–H and O–H groups in total. The van der Waals surface area contributed by atoms with Crippen LogP contribution in [0.5, 0.6) is 23.0 Å². The van der Waals surface area contributed by atoms with E-state index in [0.29, 0.717) is 35.2 Å². The topological polar surface area (TPSA) is 44.8 Å². The van der Waals surface area contributed by atoms with Crippen molar-refractivity contribution in [2.24, 2.45) is 0 Å². The van der Waals surface area contributed by atoms with Gasteiger partial charge in [0.1, 0.15) is 12.0 Å². The van der Waals surface area contributed by atoms with Crippen LogP contribution in [0.4, 0.5) is 0 Å². The van der Waals surface area contributed by atoms with Crippen LogP contribution in [-0.2, 0) is 0 Å². The lowest BCUT2D eigenvalue weighted by molar-refractivity contribution is 0.112. The fourth-order valence-electron chi connectivity index (χ4n) is 2.86. The molecule has 0 radical (unpaired) electrons. The van der Waals surface area contributed by atoms with Gasteiger partial charge in [-0.25, -0.2) is 0 Å². The van der Waals surface area contributed by atoms with Crippen molar-refractivity contribution in [2.45, 2.75) is 46.5 Å². The molecular formula is C22H28O4. The van der Waals surface area contributed by atoms with Gasteiger partial charge in [0.25, 0.3) is 0 Å². The van der Waals surface area contributed by atoms with Gasteiger partial charge in [0.05, 0.1) is 13.7 Å². The standard InChI is InChI=1S/C22H28O4/c1-5-6-7-8-9-25-22-20(24-4)13-18(15-23)14-21(22)26-19-11-16(2)10-17(3)12-19/h10-15H,5-9H2,1-4H3. The van der Waals surface area contributed by atoms with Crippen LogP contribution in [0.1, 0.15) is 54.1 Å². The SMILES string of the molecule is CCCCCCOc1c(OC)cc(C=O)cc1Oc1cc(C)cc(C)c1. The first kappa shape index (κ1) is 19.8.